The molecule has 2 aromatic rings. The van der Waals surface area contributed by atoms with Crippen molar-refractivity contribution in [2.75, 3.05) is 5.32 Å². The van der Waals surface area contributed by atoms with Gasteiger partial charge in [0.25, 0.3) is 5.91 Å². The summed E-state index contributed by atoms with van der Waals surface area (Å²) in [6.07, 6.45) is -4.80. The van der Waals surface area contributed by atoms with E-state index < -0.39 is 23.8 Å². The zero-order valence-electron chi connectivity index (χ0n) is 15.0. The second-order valence-corrected chi connectivity index (χ2v) is 5.74. The summed E-state index contributed by atoms with van der Waals surface area (Å²) in [5.41, 5.74) is 0.438. The lowest BCUT2D eigenvalue weighted by molar-refractivity contribution is -0.275. The highest BCUT2D eigenvalue weighted by molar-refractivity contribution is 5.96. The molecule has 0 radical (unpaired) electrons. The third-order valence-corrected chi connectivity index (χ3v) is 3.51. The molecule has 0 saturated carbocycles. The molecule has 0 atom stereocenters. The van der Waals surface area contributed by atoms with Gasteiger partial charge in [0, 0.05) is 29.8 Å². The first kappa shape index (κ1) is 21.1. The Morgan fingerprint density at radius 1 is 1.21 bits per heavy atom. The number of pyridine rings is 1. The number of carbonyl (C=O) groups excluding carboxylic acids is 2. The molecule has 0 aliphatic carbocycles. The summed E-state index contributed by atoms with van der Waals surface area (Å²) in [5.74, 6) is -2.92. The number of aromatic nitrogens is 1. The van der Waals surface area contributed by atoms with Crippen LogP contribution < -0.4 is 15.4 Å². The highest BCUT2D eigenvalue weighted by Gasteiger charge is 2.32. The van der Waals surface area contributed by atoms with Crippen molar-refractivity contribution < 1.29 is 31.9 Å². The predicted molar refractivity (Wildman–Crippen MR) is 92.1 cm³/mol. The third kappa shape index (κ3) is 5.93. The van der Waals surface area contributed by atoms with Crippen LogP contribution in [-0.2, 0) is 11.3 Å². The minimum atomic E-state index is -5.03. The van der Waals surface area contributed by atoms with Crippen LogP contribution in [0.2, 0.25) is 0 Å². The number of nitrogens with one attached hydrogen (secondary N) is 2. The lowest BCUT2D eigenvalue weighted by Gasteiger charge is -2.13. The molecule has 1 aromatic carbocycles. The number of anilines is 1. The number of benzene rings is 1. The lowest BCUT2D eigenvalue weighted by Crippen LogP contribution is -2.24. The maximum absolute atomic E-state index is 14.1. The van der Waals surface area contributed by atoms with Crippen molar-refractivity contribution in [2.45, 2.75) is 33.2 Å². The zero-order valence-corrected chi connectivity index (χ0v) is 15.0. The first-order chi connectivity index (χ1) is 13.1. The molecule has 2 N–H and O–H groups in total. The highest BCUT2D eigenvalue weighted by atomic mass is 19.4. The molecular formula is C18H17F4N3O3. The van der Waals surface area contributed by atoms with Crippen molar-refractivity contribution in [1.29, 1.82) is 0 Å². The van der Waals surface area contributed by atoms with Gasteiger partial charge in [-0.2, -0.15) is 0 Å². The van der Waals surface area contributed by atoms with Gasteiger partial charge in [0.2, 0.25) is 5.91 Å². The first-order valence-electron chi connectivity index (χ1n) is 8.19. The summed E-state index contributed by atoms with van der Waals surface area (Å²) in [7, 11) is 0. The quantitative estimate of drug-likeness (QED) is 0.726. The van der Waals surface area contributed by atoms with E-state index in [1.165, 1.54) is 24.3 Å². The average Bonchev–Trinajstić information content (AvgIpc) is 2.60. The molecule has 0 unspecified atom stereocenters. The van der Waals surface area contributed by atoms with Gasteiger partial charge < -0.3 is 15.4 Å². The van der Waals surface area contributed by atoms with Crippen LogP contribution in [0.1, 0.15) is 35.0 Å². The Bertz CT molecular complexity index is 885. The molecule has 150 valence electrons. The molecule has 2 amide bonds. The number of nitrogens with zero attached hydrogens (tertiary/aromatic N) is 1. The fourth-order valence-electron chi connectivity index (χ4n) is 2.27. The first-order valence-corrected chi connectivity index (χ1v) is 8.19. The van der Waals surface area contributed by atoms with E-state index in [9.17, 15) is 27.2 Å². The molecule has 0 aliphatic rings. The Kier molecular flexibility index (Phi) is 6.55. The molecule has 0 bridgehead atoms. The smallest absolute Gasteiger partial charge is 0.403 e. The van der Waals surface area contributed by atoms with Crippen molar-refractivity contribution >= 4 is 17.6 Å². The molecule has 28 heavy (non-hydrogen) atoms. The van der Waals surface area contributed by atoms with Crippen LogP contribution >= 0.6 is 0 Å². The predicted octanol–water partition coefficient (Wildman–Crippen LogP) is 3.71. The Hall–Kier alpha value is -3.17. The van der Waals surface area contributed by atoms with Crippen LogP contribution in [0.15, 0.2) is 30.3 Å². The fourth-order valence-corrected chi connectivity index (χ4v) is 2.27. The van der Waals surface area contributed by atoms with Gasteiger partial charge >= 0.3 is 6.36 Å². The summed E-state index contributed by atoms with van der Waals surface area (Å²) in [4.78, 5) is 27.9. The fraction of sp³-hybridized carbons (Fsp3) is 0.278. The Labute approximate surface area is 157 Å². The second kappa shape index (κ2) is 8.68. The number of amides is 2. The van der Waals surface area contributed by atoms with Gasteiger partial charge in [-0.1, -0.05) is 19.1 Å². The van der Waals surface area contributed by atoms with E-state index in [0.29, 0.717) is 5.69 Å². The van der Waals surface area contributed by atoms with E-state index in [2.05, 4.69) is 20.4 Å². The molecule has 0 saturated heterocycles. The molecule has 0 spiro atoms. The van der Waals surface area contributed by atoms with Gasteiger partial charge in [-0.3, -0.25) is 9.59 Å². The molecular weight excluding hydrogens is 382 g/mol. The van der Waals surface area contributed by atoms with Crippen molar-refractivity contribution in [3.05, 3.63) is 53.0 Å². The lowest BCUT2D eigenvalue weighted by atomic mass is 10.1. The van der Waals surface area contributed by atoms with Gasteiger partial charge in [0.15, 0.2) is 11.6 Å². The zero-order chi connectivity index (χ0) is 20.9. The molecule has 1 heterocycles. The van der Waals surface area contributed by atoms with Crippen LogP contribution in [-0.4, -0.2) is 23.2 Å². The largest absolute Gasteiger partial charge is 0.573 e. The van der Waals surface area contributed by atoms with Crippen LogP contribution in [0, 0.1) is 12.7 Å². The van der Waals surface area contributed by atoms with Crippen molar-refractivity contribution in [1.82, 2.24) is 10.3 Å². The Balaban J connectivity index is 2.12. The number of carbonyl (C=O) groups is 2. The maximum Gasteiger partial charge on any atom is 0.573 e. The average molecular weight is 399 g/mol. The van der Waals surface area contributed by atoms with Crippen molar-refractivity contribution in [2.24, 2.45) is 0 Å². The summed E-state index contributed by atoms with van der Waals surface area (Å²) in [6.45, 7) is 2.91. The summed E-state index contributed by atoms with van der Waals surface area (Å²) >= 11 is 0. The van der Waals surface area contributed by atoms with E-state index in [-0.39, 0.29) is 35.8 Å². The molecule has 10 heteroatoms. The van der Waals surface area contributed by atoms with Gasteiger partial charge in [-0.05, 0) is 25.1 Å². The van der Waals surface area contributed by atoms with Crippen LogP contribution in [0.25, 0.3) is 0 Å². The Morgan fingerprint density at radius 3 is 2.57 bits per heavy atom. The minimum Gasteiger partial charge on any atom is -0.403 e. The topological polar surface area (TPSA) is 80.3 Å². The highest BCUT2D eigenvalue weighted by Crippen LogP contribution is 2.27. The number of aryl methyl sites for hydroxylation is 1. The standard InChI is InChI=1S/C18H17F4N3O3/c1-3-15(26)25-14-8-12(7-10(2)24-14)17(27)23-9-11-5-4-6-13(16(11)19)28-18(20,21)22/h4-8H,3,9H2,1-2H3,(H,23,27)(H,24,25,26). The van der Waals surface area contributed by atoms with Crippen molar-refractivity contribution in [3.8, 4) is 5.75 Å². The molecule has 1 aromatic heterocycles. The van der Waals surface area contributed by atoms with Crippen LogP contribution in [0.5, 0.6) is 5.75 Å². The van der Waals surface area contributed by atoms with E-state index in [0.717, 1.165) is 6.07 Å². The normalized spacial score (nSPS) is 11.1. The maximum atomic E-state index is 14.1. The summed E-state index contributed by atoms with van der Waals surface area (Å²) < 4.78 is 54.6. The number of hydrogen-bond acceptors (Lipinski definition) is 4. The van der Waals surface area contributed by atoms with Crippen LogP contribution in [0.4, 0.5) is 23.4 Å². The van der Waals surface area contributed by atoms with Gasteiger partial charge in [-0.25, -0.2) is 9.37 Å². The summed E-state index contributed by atoms with van der Waals surface area (Å²) in [6, 6.07) is 6.04. The van der Waals surface area contributed by atoms with Gasteiger partial charge in [0.1, 0.15) is 5.82 Å². The SMILES string of the molecule is CCC(=O)Nc1cc(C(=O)NCc2cccc(OC(F)(F)F)c2F)cc(C)n1. The third-order valence-electron chi connectivity index (χ3n) is 3.51. The minimum absolute atomic E-state index is 0.155. The number of alkyl halides is 3. The monoisotopic (exact) mass is 399 g/mol. The van der Waals surface area contributed by atoms with E-state index in [1.54, 1.807) is 13.8 Å². The van der Waals surface area contributed by atoms with Crippen molar-refractivity contribution in [3.63, 3.8) is 0 Å². The van der Waals surface area contributed by atoms with E-state index in [1.807, 2.05) is 0 Å². The number of ether oxygens (including phenoxy) is 1. The molecule has 0 fully saturated rings. The van der Waals surface area contributed by atoms with Gasteiger partial charge in [0.05, 0.1) is 0 Å². The molecule has 2 rings (SSSR count). The van der Waals surface area contributed by atoms with E-state index >= 15 is 0 Å². The molecule has 6 nitrogen and oxygen atoms in total. The number of rotatable bonds is 6. The summed E-state index contributed by atoms with van der Waals surface area (Å²) in [5, 5.41) is 4.94. The van der Waals surface area contributed by atoms with E-state index in [4.69, 9.17) is 0 Å². The van der Waals surface area contributed by atoms with Gasteiger partial charge in [-0.15, -0.1) is 13.2 Å². The molecule has 0 aliphatic heterocycles. The number of halogens is 4. The van der Waals surface area contributed by atoms with Crippen LogP contribution in [0.3, 0.4) is 0 Å². The Morgan fingerprint density at radius 2 is 1.93 bits per heavy atom. The second-order valence-electron chi connectivity index (χ2n) is 5.74. The number of hydrogen-bond donors (Lipinski definition) is 2.